The summed E-state index contributed by atoms with van der Waals surface area (Å²) < 4.78 is 38.3. The summed E-state index contributed by atoms with van der Waals surface area (Å²) in [6, 6.07) is 11.1. The summed E-state index contributed by atoms with van der Waals surface area (Å²) in [4.78, 5) is 2.39. The number of hydrazine groups is 1. The van der Waals surface area contributed by atoms with Gasteiger partial charge in [-0.1, -0.05) is 30.8 Å². The molecule has 0 aliphatic carbocycles. The Kier molecular flexibility index (Phi) is 4.63. The van der Waals surface area contributed by atoms with Crippen LogP contribution in [0.4, 0.5) is 4.39 Å². The molecule has 4 nitrogen and oxygen atoms in total. The van der Waals surface area contributed by atoms with Gasteiger partial charge in [-0.3, -0.25) is 0 Å². The first-order chi connectivity index (χ1) is 10.3. The van der Waals surface area contributed by atoms with Crippen LogP contribution < -0.4 is 10.3 Å². The molecule has 2 aromatic rings. The van der Waals surface area contributed by atoms with Crippen LogP contribution in [0.2, 0.25) is 0 Å². The van der Waals surface area contributed by atoms with Gasteiger partial charge in [0.15, 0.2) is 0 Å². The fourth-order valence-electron chi connectivity index (χ4n) is 1.95. The molecule has 0 aromatic heterocycles. The van der Waals surface area contributed by atoms with Crippen LogP contribution in [0, 0.1) is 19.7 Å². The van der Waals surface area contributed by atoms with E-state index in [0.29, 0.717) is 5.56 Å². The molecule has 2 rings (SSSR count). The molecule has 116 valence electrons. The smallest absolute Gasteiger partial charge is 0.257 e. The molecule has 0 spiro atoms. The quantitative estimate of drug-likeness (QED) is 0.833. The summed E-state index contributed by atoms with van der Waals surface area (Å²) in [5.74, 6) is -0.481. The van der Waals surface area contributed by atoms with Crippen molar-refractivity contribution in [3.8, 4) is 0 Å². The van der Waals surface area contributed by atoms with E-state index in [9.17, 15) is 12.8 Å². The van der Waals surface area contributed by atoms with Crippen LogP contribution in [0.5, 0.6) is 0 Å². The van der Waals surface area contributed by atoms with Crippen molar-refractivity contribution >= 4 is 15.7 Å². The van der Waals surface area contributed by atoms with Crippen LogP contribution in [0.1, 0.15) is 16.7 Å². The van der Waals surface area contributed by atoms with Gasteiger partial charge in [-0.05, 0) is 43.2 Å². The second kappa shape index (κ2) is 6.29. The molecule has 0 heterocycles. The SMILES string of the molecule is C=C(NNS(=O)(=O)c1cc(C)ccc1C)c1ccccc1F. The van der Waals surface area contributed by atoms with E-state index in [1.54, 1.807) is 31.2 Å². The van der Waals surface area contributed by atoms with E-state index in [0.717, 1.165) is 5.56 Å². The van der Waals surface area contributed by atoms with Crippen LogP contribution in [0.3, 0.4) is 0 Å². The van der Waals surface area contributed by atoms with Crippen LogP contribution in [-0.2, 0) is 10.0 Å². The predicted molar refractivity (Wildman–Crippen MR) is 84.8 cm³/mol. The highest BCUT2D eigenvalue weighted by molar-refractivity contribution is 7.89. The molecule has 0 saturated carbocycles. The van der Waals surface area contributed by atoms with Gasteiger partial charge in [-0.15, -0.1) is 4.83 Å². The van der Waals surface area contributed by atoms with Gasteiger partial charge in [0.25, 0.3) is 10.0 Å². The molecule has 0 fully saturated rings. The first-order valence-corrected chi connectivity index (χ1v) is 8.08. The number of sulfonamides is 1. The highest BCUT2D eigenvalue weighted by Crippen LogP contribution is 2.17. The van der Waals surface area contributed by atoms with Crippen molar-refractivity contribution in [3.63, 3.8) is 0 Å². The summed E-state index contributed by atoms with van der Waals surface area (Å²) >= 11 is 0. The lowest BCUT2D eigenvalue weighted by molar-refractivity contribution is 0.574. The molecule has 0 bridgehead atoms. The average molecular weight is 320 g/mol. The van der Waals surface area contributed by atoms with E-state index in [1.807, 2.05) is 13.0 Å². The Balaban J connectivity index is 2.18. The lowest BCUT2D eigenvalue weighted by Crippen LogP contribution is -2.36. The summed E-state index contributed by atoms with van der Waals surface area (Å²) in [6.45, 7) is 7.16. The molecule has 0 aliphatic rings. The number of hydrogen-bond donors (Lipinski definition) is 2. The third-order valence-electron chi connectivity index (χ3n) is 3.17. The van der Waals surface area contributed by atoms with E-state index in [2.05, 4.69) is 16.8 Å². The zero-order valence-electron chi connectivity index (χ0n) is 12.4. The largest absolute Gasteiger partial charge is 0.308 e. The van der Waals surface area contributed by atoms with Crippen molar-refractivity contribution in [2.75, 3.05) is 0 Å². The van der Waals surface area contributed by atoms with E-state index in [-0.39, 0.29) is 16.2 Å². The third kappa shape index (κ3) is 3.52. The monoisotopic (exact) mass is 320 g/mol. The topological polar surface area (TPSA) is 58.2 Å². The fraction of sp³-hybridized carbons (Fsp3) is 0.125. The second-order valence-electron chi connectivity index (χ2n) is 4.96. The molecule has 22 heavy (non-hydrogen) atoms. The molecule has 0 atom stereocenters. The summed E-state index contributed by atoms with van der Waals surface area (Å²) in [5, 5.41) is 0. The number of benzene rings is 2. The molecular formula is C16H17FN2O2S. The van der Waals surface area contributed by atoms with Crippen LogP contribution in [-0.4, -0.2) is 8.42 Å². The molecule has 0 aliphatic heterocycles. The van der Waals surface area contributed by atoms with E-state index in [1.165, 1.54) is 12.1 Å². The zero-order chi connectivity index (χ0) is 16.3. The maximum absolute atomic E-state index is 13.6. The molecular weight excluding hydrogens is 303 g/mol. The maximum atomic E-state index is 13.6. The number of rotatable bonds is 5. The van der Waals surface area contributed by atoms with Gasteiger partial charge < -0.3 is 5.43 Å². The zero-order valence-corrected chi connectivity index (χ0v) is 13.2. The first kappa shape index (κ1) is 16.2. The van der Waals surface area contributed by atoms with Crippen molar-refractivity contribution in [3.05, 3.63) is 71.6 Å². The Morgan fingerprint density at radius 2 is 1.82 bits per heavy atom. The molecule has 2 aromatic carbocycles. The minimum atomic E-state index is -3.77. The van der Waals surface area contributed by atoms with Crippen molar-refractivity contribution < 1.29 is 12.8 Å². The second-order valence-corrected chi connectivity index (χ2v) is 6.61. The van der Waals surface area contributed by atoms with E-state index >= 15 is 0 Å². The van der Waals surface area contributed by atoms with Gasteiger partial charge in [-0.25, -0.2) is 12.8 Å². The average Bonchev–Trinajstić information content (AvgIpc) is 2.48. The Morgan fingerprint density at radius 3 is 2.50 bits per heavy atom. The molecule has 6 heteroatoms. The number of halogens is 1. The molecule has 0 amide bonds. The fourth-order valence-corrected chi connectivity index (χ4v) is 3.15. The van der Waals surface area contributed by atoms with Gasteiger partial charge in [0.2, 0.25) is 0 Å². The van der Waals surface area contributed by atoms with Gasteiger partial charge in [0.05, 0.1) is 10.6 Å². The molecule has 0 radical (unpaired) electrons. The predicted octanol–water partition coefficient (Wildman–Crippen LogP) is 2.90. The first-order valence-electron chi connectivity index (χ1n) is 6.60. The minimum absolute atomic E-state index is 0.131. The summed E-state index contributed by atoms with van der Waals surface area (Å²) in [6.07, 6.45) is 0. The van der Waals surface area contributed by atoms with Crippen molar-refractivity contribution in [1.82, 2.24) is 10.3 Å². The maximum Gasteiger partial charge on any atom is 0.257 e. The molecule has 2 N–H and O–H groups in total. The van der Waals surface area contributed by atoms with E-state index in [4.69, 9.17) is 0 Å². The Morgan fingerprint density at radius 1 is 1.14 bits per heavy atom. The standard InChI is InChI=1S/C16H17FN2O2S/c1-11-8-9-12(2)16(10-11)22(20,21)19-18-13(3)14-6-4-5-7-15(14)17/h4-10,18-19H,3H2,1-2H3. The van der Waals surface area contributed by atoms with Crippen molar-refractivity contribution in [2.45, 2.75) is 18.7 Å². The van der Waals surface area contributed by atoms with E-state index < -0.39 is 15.8 Å². The van der Waals surface area contributed by atoms with Crippen LogP contribution in [0.15, 0.2) is 53.9 Å². The Bertz CT molecular complexity index is 817. The summed E-state index contributed by atoms with van der Waals surface area (Å²) in [5.41, 5.74) is 4.24. The Hall–Kier alpha value is -2.18. The minimum Gasteiger partial charge on any atom is -0.308 e. The van der Waals surface area contributed by atoms with Crippen LogP contribution >= 0.6 is 0 Å². The van der Waals surface area contributed by atoms with Crippen LogP contribution in [0.25, 0.3) is 5.70 Å². The van der Waals surface area contributed by atoms with Crippen molar-refractivity contribution in [1.29, 1.82) is 0 Å². The lowest BCUT2D eigenvalue weighted by atomic mass is 10.2. The molecule has 0 saturated heterocycles. The highest BCUT2D eigenvalue weighted by atomic mass is 32.2. The number of nitrogens with one attached hydrogen (secondary N) is 2. The number of hydrogen-bond acceptors (Lipinski definition) is 3. The third-order valence-corrected chi connectivity index (χ3v) is 4.56. The normalized spacial score (nSPS) is 11.2. The lowest BCUT2D eigenvalue weighted by Gasteiger charge is -2.14. The summed E-state index contributed by atoms with van der Waals surface area (Å²) in [7, 11) is -3.77. The highest BCUT2D eigenvalue weighted by Gasteiger charge is 2.17. The van der Waals surface area contributed by atoms with Crippen molar-refractivity contribution in [2.24, 2.45) is 0 Å². The Labute approximate surface area is 129 Å². The van der Waals surface area contributed by atoms with Gasteiger partial charge >= 0.3 is 0 Å². The van der Waals surface area contributed by atoms with Gasteiger partial charge in [0, 0.05) is 5.56 Å². The van der Waals surface area contributed by atoms with Gasteiger partial charge in [-0.2, -0.15) is 0 Å². The van der Waals surface area contributed by atoms with Gasteiger partial charge in [0.1, 0.15) is 5.82 Å². The number of aryl methyl sites for hydroxylation is 2. The molecule has 0 unspecified atom stereocenters.